The molecule has 3 aliphatic rings. The predicted molar refractivity (Wildman–Crippen MR) is 136 cm³/mol. The summed E-state index contributed by atoms with van der Waals surface area (Å²) in [6, 6.07) is 2.59. The first-order valence-electron chi connectivity index (χ1n) is 13.5. The second-order valence-corrected chi connectivity index (χ2v) is 11.9. The highest BCUT2D eigenvalue weighted by Gasteiger charge is 2.38. The van der Waals surface area contributed by atoms with Crippen molar-refractivity contribution in [2.45, 2.75) is 87.5 Å². The molecule has 0 spiro atoms. The molecule has 0 aromatic carbocycles. The highest BCUT2D eigenvalue weighted by atomic mass is 32.2. The summed E-state index contributed by atoms with van der Waals surface area (Å²) in [5.74, 6) is -1.10. The number of rotatable bonds is 8. The molecule has 10 nitrogen and oxygen atoms in total. The fourth-order valence-electron chi connectivity index (χ4n) is 5.23. The summed E-state index contributed by atoms with van der Waals surface area (Å²) in [7, 11) is -3.99. The molecule has 2 fully saturated rings. The molecule has 202 valence electrons. The lowest BCUT2D eigenvalue weighted by atomic mass is 9.84. The smallest absolute Gasteiger partial charge is 0.261 e. The standard InChI is InChI=1S/C26H36N4O6S/c1-18-12-13-20(22(31)17-30(18)37(34,35)24-11-5-6-14-27-24)28-25(32)21(16-19-8-3-2-4-9-19)29-26(33)23-10-7-15-36-23/h5-7,10-11,14,18-21,23H,2-4,8-9,12-13,15-17H2,1H3,(H,28,32)(H,29,33)/t18-,20+,21+,23?/m1/s1/i7D. The van der Waals surface area contributed by atoms with Crippen molar-refractivity contribution < 1.29 is 28.9 Å². The monoisotopic (exact) mass is 533 g/mol. The van der Waals surface area contributed by atoms with Crippen LogP contribution in [0.5, 0.6) is 0 Å². The Hall–Kier alpha value is -2.63. The molecule has 1 aromatic rings. The molecule has 4 rings (SSSR count). The summed E-state index contributed by atoms with van der Waals surface area (Å²) in [5, 5.41) is 5.45. The summed E-state index contributed by atoms with van der Waals surface area (Å²) in [5.41, 5.74) is 0. The summed E-state index contributed by atoms with van der Waals surface area (Å²) in [6.07, 6.45) is 8.21. The third-order valence-corrected chi connectivity index (χ3v) is 9.27. The molecule has 1 saturated carbocycles. The summed E-state index contributed by atoms with van der Waals surface area (Å²) in [4.78, 5) is 43.4. The molecule has 1 aromatic heterocycles. The molecule has 2 aliphatic heterocycles. The Morgan fingerprint density at radius 2 is 2.00 bits per heavy atom. The zero-order chi connectivity index (χ0) is 27.3. The van der Waals surface area contributed by atoms with Gasteiger partial charge in [-0.05, 0) is 50.3 Å². The van der Waals surface area contributed by atoms with Gasteiger partial charge in [-0.25, -0.2) is 13.4 Å². The number of carbonyl (C=O) groups is 3. The van der Waals surface area contributed by atoms with E-state index in [9.17, 15) is 22.8 Å². The summed E-state index contributed by atoms with van der Waals surface area (Å²) < 4.78 is 40.5. The quantitative estimate of drug-likeness (QED) is 0.486. The molecule has 0 bridgehead atoms. The van der Waals surface area contributed by atoms with E-state index < -0.39 is 51.9 Å². The molecule has 1 aliphatic carbocycles. The van der Waals surface area contributed by atoms with E-state index in [-0.39, 0.29) is 36.6 Å². The van der Waals surface area contributed by atoms with Gasteiger partial charge in [0, 0.05) is 12.2 Å². The molecule has 1 saturated heterocycles. The van der Waals surface area contributed by atoms with Crippen LogP contribution in [0.1, 0.15) is 59.7 Å². The molecule has 37 heavy (non-hydrogen) atoms. The van der Waals surface area contributed by atoms with E-state index in [1.807, 2.05) is 0 Å². The maximum Gasteiger partial charge on any atom is 0.261 e. The van der Waals surface area contributed by atoms with Crippen molar-refractivity contribution in [1.29, 1.82) is 0 Å². The van der Waals surface area contributed by atoms with Crippen molar-refractivity contribution in [2.75, 3.05) is 13.2 Å². The molecular weight excluding hydrogens is 496 g/mol. The Bertz CT molecular complexity index is 1160. The Morgan fingerprint density at radius 1 is 1.22 bits per heavy atom. The third-order valence-electron chi connectivity index (χ3n) is 7.39. The van der Waals surface area contributed by atoms with Crippen molar-refractivity contribution in [1.82, 2.24) is 19.9 Å². The van der Waals surface area contributed by atoms with Gasteiger partial charge in [0.15, 0.2) is 16.9 Å². The van der Waals surface area contributed by atoms with Gasteiger partial charge < -0.3 is 15.4 Å². The SMILES string of the molecule is [2H]C1=CC(C(=O)N[C@@H](CC2CCCCC2)C(=O)N[C@H]2CC[C@@H](C)N(S(=O)(=O)c3ccccn3)CC2=O)OC1. The fourth-order valence-corrected chi connectivity index (χ4v) is 6.79. The average molecular weight is 534 g/mol. The topological polar surface area (TPSA) is 135 Å². The second-order valence-electron chi connectivity index (χ2n) is 10.1. The number of ketones is 1. The number of ether oxygens (including phenoxy) is 1. The lowest BCUT2D eigenvalue weighted by Gasteiger charge is -2.28. The molecular formula is C26H36N4O6S. The van der Waals surface area contributed by atoms with Crippen molar-refractivity contribution >= 4 is 27.6 Å². The van der Waals surface area contributed by atoms with E-state index in [4.69, 9.17) is 6.11 Å². The number of carbonyl (C=O) groups excluding carboxylic acids is 3. The van der Waals surface area contributed by atoms with E-state index in [0.29, 0.717) is 12.8 Å². The van der Waals surface area contributed by atoms with E-state index in [0.717, 1.165) is 36.4 Å². The van der Waals surface area contributed by atoms with Gasteiger partial charge in [-0.15, -0.1) is 0 Å². The Kier molecular flexibility index (Phi) is 8.62. The molecule has 1 unspecified atom stereocenters. The Morgan fingerprint density at radius 3 is 2.68 bits per heavy atom. The predicted octanol–water partition coefficient (Wildman–Crippen LogP) is 1.72. The molecule has 11 heteroatoms. The van der Waals surface area contributed by atoms with Crippen molar-refractivity contribution in [2.24, 2.45) is 5.92 Å². The third kappa shape index (κ3) is 6.82. The van der Waals surface area contributed by atoms with Crippen LogP contribution in [0, 0.1) is 5.92 Å². The van der Waals surface area contributed by atoms with Crippen LogP contribution in [-0.4, -0.2) is 72.7 Å². The minimum Gasteiger partial charge on any atom is -0.360 e. The summed E-state index contributed by atoms with van der Waals surface area (Å²) >= 11 is 0. The molecule has 2 N–H and O–H groups in total. The highest BCUT2D eigenvalue weighted by molar-refractivity contribution is 7.89. The first kappa shape index (κ1) is 26.0. The normalized spacial score (nSPS) is 27.1. The molecule has 0 radical (unpaired) electrons. The zero-order valence-corrected chi connectivity index (χ0v) is 21.9. The lowest BCUT2D eigenvalue weighted by molar-refractivity contribution is -0.135. The maximum absolute atomic E-state index is 13.4. The van der Waals surface area contributed by atoms with E-state index in [1.165, 1.54) is 18.3 Å². The molecule has 4 atom stereocenters. The van der Waals surface area contributed by atoms with Crippen molar-refractivity contribution in [3.05, 3.63) is 36.5 Å². The maximum atomic E-state index is 13.4. The average Bonchev–Trinajstić information content (AvgIpc) is 3.30. The van der Waals surface area contributed by atoms with Crippen molar-refractivity contribution in [3.63, 3.8) is 0 Å². The number of amides is 2. The molecule has 2 amide bonds. The number of nitrogens with one attached hydrogen (secondary N) is 2. The lowest BCUT2D eigenvalue weighted by Crippen LogP contribution is -2.54. The number of Topliss-reactive ketones (excluding diaryl/α,β-unsaturated/α-hetero) is 1. The Balaban J connectivity index is 1.45. The minimum absolute atomic E-state index is 0.0459. The zero-order valence-electron chi connectivity index (χ0n) is 22.1. The summed E-state index contributed by atoms with van der Waals surface area (Å²) in [6.45, 7) is 1.40. The number of aromatic nitrogens is 1. The van der Waals surface area contributed by atoms with Gasteiger partial charge in [0.25, 0.3) is 15.9 Å². The number of sulfonamides is 1. The van der Waals surface area contributed by atoms with Crippen LogP contribution in [-0.2, 0) is 29.1 Å². The van der Waals surface area contributed by atoms with Gasteiger partial charge in [-0.2, -0.15) is 4.31 Å². The van der Waals surface area contributed by atoms with Gasteiger partial charge >= 0.3 is 0 Å². The van der Waals surface area contributed by atoms with Crippen molar-refractivity contribution in [3.8, 4) is 0 Å². The van der Waals surface area contributed by atoms with Crippen LogP contribution < -0.4 is 10.6 Å². The molecule has 3 heterocycles. The van der Waals surface area contributed by atoms with Crippen LogP contribution in [0.3, 0.4) is 0 Å². The van der Waals surface area contributed by atoms with Crippen LogP contribution in [0.2, 0.25) is 0 Å². The largest absolute Gasteiger partial charge is 0.360 e. The van der Waals surface area contributed by atoms with Gasteiger partial charge in [0.05, 0.1) is 20.6 Å². The minimum atomic E-state index is -3.99. The second kappa shape index (κ2) is 12.3. The van der Waals surface area contributed by atoms with E-state index in [1.54, 1.807) is 19.1 Å². The van der Waals surface area contributed by atoms with E-state index >= 15 is 0 Å². The van der Waals surface area contributed by atoms with Gasteiger partial charge in [-0.3, -0.25) is 14.4 Å². The van der Waals surface area contributed by atoms with Crippen LogP contribution in [0.15, 0.2) is 41.5 Å². The number of hydrogen-bond donors (Lipinski definition) is 2. The first-order valence-corrected chi connectivity index (χ1v) is 14.4. The number of pyridine rings is 1. The van der Waals surface area contributed by atoms with Gasteiger partial charge in [0.2, 0.25) is 5.91 Å². The highest BCUT2D eigenvalue weighted by Crippen LogP contribution is 2.28. The van der Waals surface area contributed by atoms with Crippen LogP contribution in [0.4, 0.5) is 0 Å². The first-order chi connectivity index (χ1) is 18.1. The van der Waals surface area contributed by atoms with Crippen LogP contribution in [0.25, 0.3) is 0 Å². The van der Waals surface area contributed by atoms with Gasteiger partial charge in [0.1, 0.15) is 6.04 Å². The Labute approximate surface area is 219 Å². The van der Waals surface area contributed by atoms with Crippen LogP contribution >= 0.6 is 0 Å². The number of nitrogens with zero attached hydrogens (tertiary/aromatic N) is 2. The van der Waals surface area contributed by atoms with Gasteiger partial charge in [-0.1, -0.05) is 44.2 Å². The fraction of sp³-hybridized carbons (Fsp3) is 0.615. The number of hydrogen-bond acceptors (Lipinski definition) is 7. The van der Waals surface area contributed by atoms with E-state index in [2.05, 4.69) is 15.6 Å².